The number of anilines is 1. The van der Waals surface area contributed by atoms with Crippen molar-refractivity contribution in [1.29, 1.82) is 0 Å². The molecule has 0 bridgehead atoms. The second-order valence-electron chi connectivity index (χ2n) is 5.15. The molecule has 1 N–H and O–H groups in total. The molecule has 5 heteroatoms. The van der Waals surface area contributed by atoms with Gasteiger partial charge in [0.15, 0.2) is 0 Å². The Morgan fingerprint density at radius 3 is 2.59 bits per heavy atom. The van der Waals surface area contributed by atoms with Crippen LogP contribution in [0, 0.1) is 0 Å². The SMILES string of the molecule is CSCC(C)Nc1cc(Br)nc(C(C)(C)C)n1. The quantitative estimate of drug-likeness (QED) is 0.859. The standard InChI is InChI=1S/C12H20BrN3S/c1-8(7-17-5)14-10-6-9(13)15-11(16-10)12(2,3)4/h6,8H,7H2,1-5H3,(H,14,15,16). The molecule has 0 aliphatic carbocycles. The first-order valence-corrected chi connectivity index (χ1v) is 7.82. The number of nitrogens with one attached hydrogen (secondary N) is 1. The van der Waals surface area contributed by atoms with Crippen LogP contribution in [-0.2, 0) is 5.41 Å². The molecule has 0 amide bonds. The number of aromatic nitrogens is 2. The molecule has 1 atom stereocenters. The molecule has 1 unspecified atom stereocenters. The molecule has 17 heavy (non-hydrogen) atoms. The van der Waals surface area contributed by atoms with E-state index in [0.717, 1.165) is 22.0 Å². The van der Waals surface area contributed by atoms with Gasteiger partial charge in [0, 0.05) is 23.3 Å². The molecular weight excluding hydrogens is 298 g/mol. The fourth-order valence-electron chi connectivity index (χ4n) is 1.37. The van der Waals surface area contributed by atoms with Gasteiger partial charge >= 0.3 is 0 Å². The lowest BCUT2D eigenvalue weighted by Gasteiger charge is -2.19. The summed E-state index contributed by atoms with van der Waals surface area (Å²) in [6.45, 7) is 8.50. The van der Waals surface area contributed by atoms with E-state index in [4.69, 9.17) is 0 Å². The lowest BCUT2D eigenvalue weighted by molar-refractivity contribution is 0.544. The van der Waals surface area contributed by atoms with Crippen molar-refractivity contribution in [2.75, 3.05) is 17.3 Å². The highest BCUT2D eigenvalue weighted by molar-refractivity contribution is 9.10. The van der Waals surface area contributed by atoms with Crippen LogP contribution in [0.1, 0.15) is 33.5 Å². The van der Waals surface area contributed by atoms with E-state index in [2.05, 4.69) is 65.2 Å². The summed E-state index contributed by atoms with van der Waals surface area (Å²) >= 11 is 5.26. The molecule has 3 nitrogen and oxygen atoms in total. The zero-order chi connectivity index (χ0) is 13.1. The third-order valence-electron chi connectivity index (χ3n) is 2.18. The van der Waals surface area contributed by atoms with Gasteiger partial charge in [0.1, 0.15) is 16.2 Å². The van der Waals surface area contributed by atoms with E-state index in [1.165, 1.54) is 0 Å². The van der Waals surface area contributed by atoms with Gasteiger partial charge in [0.05, 0.1) is 0 Å². The van der Waals surface area contributed by atoms with Gasteiger partial charge in [-0.2, -0.15) is 11.8 Å². The summed E-state index contributed by atoms with van der Waals surface area (Å²) in [6.07, 6.45) is 2.11. The van der Waals surface area contributed by atoms with Gasteiger partial charge in [-0.05, 0) is 29.1 Å². The van der Waals surface area contributed by atoms with Crippen molar-refractivity contribution in [1.82, 2.24) is 9.97 Å². The van der Waals surface area contributed by atoms with Crippen molar-refractivity contribution in [3.05, 3.63) is 16.5 Å². The Bertz CT molecular complexity index is 377. The van der Waals surface area contributed by atoms with Gasteiger partial charge in [-0.1, -0.05) is 20.8 Å². The summed E-state index contributed by atoms with van der Waals surface area (Å²) in [7, 11) is 0. The van der Waals surface area contributed by atoms with Crippen molar-refractivity contribution < 1.29 is 0 Å². The Balaban J connectivity index is 2.90. The topological polar surface area (TPSA) is 37.8 Å². The maximum atomic E-state index is 4.57. The van der Waals surface area contributed by atoms with Gasteiger partial charge in [-0.15, -0.1) is 0 Å². The highest BCUT2D eigenvalue weighted by atomic mass is 79.9. The molecule has 1 heterocycles. The van der Waals surface area contributed by atoms with Crippen molar-refractivity contribution in [2.24, 2.45) is 0 Å². The maximum absolute atomic E-state index is 4.57. The predicted octanol–water partition coefficient (Wildman–Crippen LogP) is 3.70. The normalized spacial score (nSPS) is 13.5. The number of hydrogen-bond donors (Lipinski definition) is 1. The Morgan fingerprint density at radius 1 is 1.41 bits per heavy atom. The van der Waals surface area contributed by atoms with Crippen LogP contribution < -0.4 is 5.32 Å². The lowest BCUT2D eigenvalue weighted by Crippen LogP contribution is -2.21. The Morgan fingerprint density at radius 2 is 2.06 bits per heavy atom. The number of halogens is 1. The van der Waals surface area contributed by atoms with E-state index < -0.39 is 0 Å². The summed E-state index contributed by atoms with van der Waals surface area (Å²) in [5, 5.41) is 3.39. The second-order valence-corrected chi connectivity index (χ2v) is 6.87. The molecule has 0 aromatic carbocycles. The zero-order valence-electron chi connectivity index (χ0n) is 11.0. The molecule has 0 radical (unpaired) electrons. The van der Waals surface area contributed by atoms with Crippen molar-refractivity contribution in [3.8, 4) is 0 Å². The average Bonchev–Trinajstić information content (AvgIpc) is 2.15. The summed E-state index contributed by atoms with van der Waals surface area (Å²) < 4.78 is 0.830. The van der Waals surface area contributed by atoms with Crippen molar-refractivity contribution in [2.45, 2.75) is 39.2 Å². The smallest absolute Gasteiger partial charge is 0.137 e. The highest BCUT2D eigenvalue weighted by Crippen LogP contribution is 2.22. The number of rotatable bonds is 4. The van der Waals surface area contributed by atoms with E-state index in [0.29, 0.717) is 6.04 Å². The van der Waals surface area contributed by atoms with Crippen molar-refractivity contribution in [3.63, 3.8) is 0 Å². The molecule has 0 aliphatic rings. The van der Waals surface area contributed by atoms with E-state index in [-0.39, 0.29) is 5.41 Å². The average molecular weight is 318 g/mol. The predicted molar refractivity (Wildman–Crippen MR) is 79.9 cm³/mol. The van der Waals surface area contributed by atoms with Crippen LogP contribution in [0.15, 0.2) is 10.7 Å². The largest absolute Gasteiger partial charge is 0.367 e. The van der Waals surface area contributed by atoms with Crippen LogP contribution in [0.5, 0.6) is 0 Å². The number of hydrogen-bond acceptors (Lipinski definition) is 4. The minimum Gasteiger partial charge on any atom is -0.367 e. The van der Waals surface area contributed by atoms with E-state index in [1.807, 2.05) is 17.8 Å². The highest BCUT2D eigenvalue weighted by Gasteiger charge is 2.19. The Labute approximate surface area is 116 Å². The summed E-state index contributed by atoms with van der Waals surface area (Å²) in [6, 6.07) is 2.33. The third kappa shape index (κ3) is 4.84. The molecular formula is C12H20BrN3S. The Kier molecular flexibility index (Phi) is 5.25. The van der Waals surface area contributed by atoms with E-state index in [1.54, 1.807) is 0 Å². The lowest BCUT2D eigenvalue weighted by atomic mass is 9.96. The first-order chi connectivity index (χ1) is 7.82. The van der Waals surface area contributed by atoms with Gasteiger partial charge in [0.25, 0.3) is 0 Å². The van der Waals surface area contributed by atoms with Gasteiger partial charge in [-0.25, -0.2) is 9.97 Å². The number of thioether (sulfide) groups is 1. The molecule has 0 saturated carbocycles. The first kappa shape index (κ1) is 14.8. The van der Waals surface area contributed by atoms with Crippen LogP contribution in [0.4, 0.5) is 5.82 Å². The molecule has 0 fully saturated rings. The van der Waals surface area contributed by atoms with E-state index >= 15 is 0 Å². The summed E-state index contributed by atoms with van der Waals surface area (Å²) in [5.41, 5.74) is -0.0387. The zero-order valence-corrected chi connectivity index (χ0v) is 13.4. The third-order valence-corrected chi connectivity index (χ3v) is 3.42. The van der Waals surface area contributed by atoms with Crippen LogP contribution in [-0.4, -0.2) is 28.0 Å². The van der Waals surface area contributed by atoms with Crippen molar-refractivity contribution >= 4 is 33.5 Å². The minimum atomic E-state index is -0.0387. The fourth-order valence-corrected chi connectivity index (χ4v) is 2.34. The monoisotopic (exact) mass is 317 g/mol. The van der Waals surface area contributed by atoms with Gasteiger partial charge in [-0.3, -0.25) is 0 Å². The first-order valence-electron chi connectivity index (χ1n) is 5.63. The summed E-state index contributed by atoms with van der Waals surface area (Å²) in [4.78, 5) is 8.98. The molecule has 0 aliphatic heterocycles. The fraction of sp³-hybridized carbons (Fsp3) is 0.667. The van der Waals surface area contributed by atoms with Crippen LogP contribution in [0.2, 0.25) is 0 Å². The van der Waals surface area contributed by atoms with Crippen LogP contribution >= 0.6 is 27.7 Å². The Hall–Kier alpha value is -0.290. The maximum Gasteiger partial charge on any atom is 0.137 e. The molecule has 1 rings (SSSR count). The van der Waals surface area contributed by atoms with E-state index in [9.17, 15) is 0 Å². The molecule has 96 valence electrons. The van der Waals surface area contributed by atoms with Crippen LogP contribution in [0.25, 0.3) is 0 Å². The van der Waals surface area contributed by atoms with Gasteiger partial charge < -0.3 is 5.32 Å². The number of nitrogens with zero attached hydrogens (tertiary/aromatic N) is 2. The second kappa shape index (κ2) is 6.05. The van der Waals surface area contributed by atoms with Gasteiger partial charge in [0.2, 0.25) is 0 Å². The minimum absolute atomic E-state index is 0.0387. The molecule has 0 saturated heterocycles. The molecule has 0 spiro atoms. The van der Waals surface area contributed by atoms with Crippen LogP contribution in [0.3, 0.4) is 0 Å². The summed E-state index contributed by atoms with van der Waals surface area (Å²) in [5.74, 6) is 2.80. The molecule has 1 aromatic rings. The molecule has 1 aromatic heterocycles.